The number of nitrogens with two attached hydrogens (primary N) is 2. The topological polar surface area (TPSA) is 158 Å². The van der Waals surface area contributed by atoms with Crippen LogP contribution in [-0.2, 0) is 4.74 Å². The summed E-state index contributed by atoms with van der Waals surface area (Å²) in [5.41, 5.74) is 19.2. The SMILES string of the molecule is Cc1ccc(N)cc1-c1cnc(Cl)c(C#N)c1.Cc1ccc(N)cc1-c1cnc(N2CCN(C(=O)OC(C)(C)C)CC2)c(C#N)c1. The molecule has 2 aromatic heterocycles. The predicted molar refractivity (Wildman–Crippen MR) is 182 cm³/mol. The third-order valence-electron chi connectivity index (χ3n) is 7.32. The number of nitriles is 2. The molecule has 5 rings (SSSR count). The number of hydrogen-bond donors (Lipinski definition) is 2. The molecule has 1 saturated heterocycles. The molecule has 0 unspecified atom stereocenters. The number of amides is 1. The number of rotatable bonds is 3. The van der Waals surface area contributed by atoms with Gasteiger partial charge in [-0.1, -0.05) is 23.7 Å². The van der Waals surface area contributed by atoms with Crippen LogP contribution in [-0.4, -0.2) is 52.7 Å². The third kappa shape index (κ3) is 8.23. The maximum Gasteiger partial charge on any atom is 0.410 e. The lowest BCUT2D eigenvalue weighted by Gasteiger charge is -2.36. The second kappa shape index (κ2) is 14.2. The van der Waals surface area contributed by atoms with Gasteiger partial charge in [-0.15, -0.1) is 0 Å². The number of nitrogens with zero attached hydrogens (tertiary/aromatic N) is 6. The van der Waals surface area contributed by atoms with Gasteiger partial charge in [0.1, 0.15) is 28.7 Å². The van der Waals surface area contributed by atoms with Gasteiger partial charge in [-0.3, -0.25) is 0 Å². The van der Waals surface area contributed by atoms with E-state index in [1.807, 2.05) is 88.1 Å². The molecule has 4 N–H and O–H groups in total. The number of ether oxygens (including phenoxy) is 1. The van der Waals surface area contributed by atoms with Crippen molar-refractivity contribution >= 4 is 34.9 Å². The molecule has 4 aromatic rings. The largest absolute Gasteiger partial charge is 0.444 e. The van der Waals surface area contributed by atoms with Crippen LogP contribution < -0.4 is 16.4 Å². The summed E-state index contributed by atoms with van der Waals surface area (Å²) in [6.45, 7) is 11.8. The molecule has 0 radical (unpaired) electrons. The number of benzene rings is 2. The van der Waals surface area contributed by atoms with E-state index in [1.165, 1.54) is 0 Å². The second-order valence-electron chi connectivity index (χ2n) is 12.0. The molecular weight excluding hydrogens is 600 g/mol. The Bertz CT molecular complexity index is 1830. The Morgan fingerprint density at radius 2 is 1.33 bits per heavy atom. The number of anilines is 3. The van der Waals surface area contributed by atoms with Gasteiger partial charge in [0.05, 0.1) is 11.1 Å². The molecule has 1 aliphatic heterocycles. The summed E-state index contributed by atoms with van der Waals surface area (Å²) in [5.74, 6) is 0.640. The fourth-order valence-corrected chi connectivity index (χ4v) is 5.09. The zero-order valence-electron chi connectivity index (χ0n) is 26.6. The predicted octanol–water partition coefficient (Wildman–Crippen LogP) is 6.73. The number of carbonyl (C=O) groups is 1. The van der Waals surface area contributed by atoms with Crippen LogP contribution in [0.5, 0.6) is 0 Å². The van der Waals surface area contributed by atoms with Crippen molar-refractivity contribution in [2.45, 2.75) is 40.2 Å². The molecule has 10 nitrogen and oxygen atoms in total. The normalized spacial score (nSPS) is 12.8. The van der Waals surface area contributed by atoms with Gasteiger partial charge in [0, 0.05) is 61.1 Å². The van der Waals surface area contributed by atoms with E-state index in [9.17, 15) is 10.1 Å². The minimum Gasteiger partial charge on any atom is -0.444 e. The van der Waals surface area contributed by atoms with E-state index in [2.05, 4.69) is 16.0 Å². The molecule has 0 spiro atoms. The van der Waals surface area contributed by atoms with Gasteiger partial charge < -0.3 is 26.0 Å². The molecule has 11 heteroatoms. The highest BCUT2D eigenvalue weighted by Crippen LogP contribution is 2.30. The van der Waals surface area contributed by atoms with Crippen LogP contribution in [0.25, 0.3) is 22.3 Å². The monoisotopic (exact) mass is 636 g/mol. The van der Waals surface area contributed by atoms with Crippen molar-refractivity contribution in [2.24, 2.45) is 0 Å². The Morgan fingerprint density at radius 3 is 1.83 bits per heavy atom. The van der Waals surface area contributed by atoms with Crippen molar-refractivity contribution in [1.82, 2.24) is 14.9 Å². The zero-order chi connectivity index (χ0) is 33.6. The molecule has 46 heavy (non-hydrogen) atoms. The first-order valence-electron chi connectivity index (χ1n) is 14.7. The smallest absolute Gasteiger partial charge is 0.410 e. The number of carbonyl (C=O) groups excluding carboxylic acids is 1. The number of hydrogen-bond acceptors (Lipinski definition) is 9. The van der Waals surface area contributed by atoms with Crippen LogP contribution in [0.4, 0.5) is 22.0 Å². The first-order chi connectivity index (χ1) is 21.8. The number of halogens is 1. The highest BCUT2D eigenvalue weighted by molar-refractivity contribution is 6.30. The molecule has 0 saturated carbocycles. The summed E-state index contributed by atoms with van der Waals surface area (Å²) >= 11 is 5.80. The first-order valence-corrected chi connectivity index (χ1v) is 15.1. The van der Waals surface area contributed by atoms with E-state index < -0.39 is 5.60 Å². The molecular formula is C35H37ClN8O2. The van der Waals surface area contributed by atoms with E-state index in [4.69, 9.17) is 33.1 Å². The highest BCUT2D eigenvalue weighted by atomic mass is 35.5. The van der Waals surface area contributed by atoms with Gasteiger partial charge in [-0.05, 0) is 93.3 Å². The Labute approximate surface area is 274 Å². The number of nitrogen functional groups attached to an aromatic ring is 2. The fraction of sp³-hybridized carbons (Fsp3) is 0.286. The summed E-state index contributed by atoms with van der Waals surface area (Å²) in [6.07, 6.45) is 3.11. The van der Waals surface area contributed by atoms with Crippen LogP contribution in [0, 0.1) is 36.5 Å². The fourth-order valence-electron chi connectivity index (χ4n) is 4.94. The Balaban J connectivity index is 0.000000240. The van der Waals surface area contributed by atoms with Crippen LogP contribution in [0.3, 0.4) is 0 Å². The maximum atomic E-state index is 12.2. The highest BCUT2D eigenvalue weighted by Gasteiger charge is 2.27. The minimum atomic E-state index is -0.515. The molecule has 236 valence electrons. The zero-order valence-corrected chi connectivity index (χ0v) is 27.4. The average molecular weight is 637 g/mol. The number of aromatic nitrogens is 2. The maximum absolute atomic E-state index is 12.2. The van der Waals surface area contributed by atoms with Crippen molar-refractivity contribution in [3.8, 4) is 34.4 Å². The lowest BCUT2D eigenvalue weighted by molar-refractivity contribution is 0.0240. The average Bonchev–Trinajstić information content (AvgIpc) is 3.03. The number of pyridine rings is 2. The summed E-state index contributed by atoms with van der Waals surface area (Å²) < 4.78 is 5.44. The van der Waals surface area contributed by atoms with Crippen molar-refractivity contribution in [3.63, 3.8) is 0 Å². The Hall–Kier alpha value is -5.32. The van der Waals surface area contributed by atoms with Gasteiger partial charge in [-0.2, -0.15) is 10.5 Å². The van der Waals surface area contributed by atoms with E-state index in [-0.39, 0.29) is 11.2 Å². The number of piperazine rings is 1. The van der Waals surface area contributed by atoms with Crippen LogP contribution in [0.15, 0.2) is 60.9 Å². The van der Waals surface area contributed by atoms with Crippen molar-refractivity contribution in [3.05, 3.63) is 88.3 Å². The van der Waals surface area contributed by atoms with E-state index in [0.29, 0.717) is 54.5 Å². The van der Waals surface area contributed by atoms with E-state index >= 15 is 0 Å². The summed E-state index contributed by atoms with van der Waals surface area (Å²) in [7, 11) is 0. The van der Waals surface area contributed by atoms with Crippen LogP contribution >= 0.6 is 11.6 Å². The summed E-state index contributed by atoms with van der Waals surface area (Å²) in [4.78, 5) is 24.6. The second-order valence-corrected chi connectivity index (χ2v) is 12.3. The van der Waals surface area contributed by atoms with Gasteiger partial charge in [0.25, 0.3) is 0 Å². The van der Waals surface area contributed by atoms with E-state index in [0.717, 1.165) is 33.4 Å². The van der Waals surface area contributed by atoms with Crippen LogP contribution in [0.2, 0.25) is 5.15 Å². The molecule has 2 aromatic carbocycles. The lowest BCUT2D eigenvalue weighted by Crippen LogP contribution is -2.50. The molecule has 0 bridgehead atoms. The standard InChI is InChI=1S/C22H27N5O2.C13H10ClN3/c1-15-5-6-18(24)12-19(15)17-11-16(13-23)20(25-14-17)26-7-9-27(10-8-26)21(28)29-22(2,3)4;1-8-2-3-11(16)5-12(8)10-4-9(6-15)13(14)17-7-10/h5-6,11-12,14H,7-10,24H2,1-4H3;2-5,7H,16H2,1H3. The van der Waals surface area contributed by atoms with Crippen molar-refractivity contribution in [1.29, 1.82) is 10.5 Å². The quantitative estimate of drug-likeness (QED) is 0.184. The molecule has 0 atom stereocenters. The molecule has 3 heterocycles. The Kier molecular flexibility index (Phi) is 10.4. The Morgan fingerprint density at radius 1 is 0.826 bits per heavy atom. The van der Waals surface area contributed by atoms with Crippen molar-refractivity contribution in [2.75, 3.05) is 42.5 Å². The molecule has 1 amide bonds. The van der Waals surface area contributed by atoms with Crippen LogP contribution in [0.1, 0.15) is 43.0 Å². The van der Waals surface area contributed by atoms with Gasteiger partial charge in [0.15, 0.2) is 0 Å². The molecule has 0 aliphatic carbocycles. The number of aryl methyl sites for hydroxylation is 2. The summed E-state index contributed by atoms with van der Waals surface area (Å²) in [5, 5.41) is 18.8. The van der Waals surface area contributed by atoms with Gasteiger partial charge >= 0.3 is 6.09 Å². The summed E-state index contributed by atoms with van der Waals surface area (Å²) in [6, 6.07) is 19.2. The van der Waals surface area contributed by atoms with E-state index in [1.54, 1.807) is 23.4 Å². The lowest BCUT2D eigenvalue weighted by atomic mass is 10.00. The van der Waals surface area contributed by atoms with Gasteiger partial charge in [-0.25, -0.2) is 14.8 Å². The minimum absolute atomic E-state index is 0.220. The van der Waals surface area contributed by atoms with Crippen molar-refractivity contribution < 1.29 is 9.53 Å². The first kappa shape index (κ1) is 33.6. The van der Waals surface area contributed by atoms with Gasteiger partial charge in [0.2, 0.25) is 0 Å². The molecule has 1 fully saturated rings. The third-order valence-corrected chi connectivity index (χ3v) is 7.62. The molecule has 1 aliphatic rings.